The lowest BCUT2D eigenvalue weighted by Crippen LogP contribution is -2.35. The van der Waals surface area contributed by atoms with Crippen LogP contribution in [0.15, 0.2) is 46.5 Å². The normalized spacial score (nSPS) is 18.2. The molecule has 0 unspecified atom stereocenters. The summed E-state index contributed by atoms with van der Waals surface area (Å²) >= 11 is 1.51. The first kappa shape index (κ1) is 23.6. The number of aryl methyl sites for hydroxylation is 1. The molecule has 0 bridgehead atoms. The minimum Gasteiger partial charge on any atom is -0.355 e. The molecule has 10 heteroatoms. The van der Waals surface area contributed by atoms with E-state index in [1.54, 1.807) is 0 Å². The van der Waals surface area contributed by atoms with Crippen molar-refractivity contribution < 1.29 is 4.79 Å². The number of nitrogens with one attached hydrogen (secondary N) is 3. The van der Waals surface area contributed by atoms with Crippen LogP contribution in [-0.2, 0) is 4.79 Å². The maximum atomic E-state index is 11.7. The first-order valence-electron chi connectivity index (χ1n) is 12.3. The smallest absolute Gasteiger partial charge is 0.224 e. The molecule has 0 spiro atoms. The number of hydrogen-bond acceptors (Lipinski definition) is 8. The van der Waals surface area contributed by atoms with Crippen molar-refractivity contribution in [1.29, 1.82) is 0 Å². The van der Waals surface area contributed by atoms with E-state index in [0.717, 1.165) is 46.8 Å². The fourth-order valence-corrected chi connectivity index (χ4v) is 5.39. The molecule has 1 aromatic carbocycles. The van der Waals surface area contributed by atoms with Gasteiger partial charge in [0.2, 0.25) is 5.91 Å². The highest BCUT2D eigenvalue weighted by Gasteiger charge is 2.30. The number of aromatic nitrogens is 4. The zero-order valence-corrected chi connectivity index (χ0v) is 21.1. The Kier molecular flexibility index (Phi) is 7.19. The average Bonchev–Trinajstić information content (AvgIpc) is 3.62. The van der Waals surface area contributed by atoms with Crippen molar-refractivity contribution in [1.82, 2.24) is 25.1 Å². The Bertz CT molecular complexity index is 1160. The molecule has 0 aliphatic carbocycles. The number of amides is 1. The molecule has 2 aromatic heterocycles. The summed E-state index contributed by atoms with van der Waals surface area (Å²) in [6, 6.07) is 12.4. The van der Waals surface area contributed by atoms with Crippen LogP contribution in [0.5, 0.6) is 0 Å². The molecule has 2 aliphatic rings. The number of benzene rings is 1. The predicted octanol–water partition coefficient (Wildman–Crippen LogP) is 4.43. The SMILES string of the molecule is CCC(=O)Nc1ccc(Sc2nc(Nc3cc(C)n[nH]3)cc(N3CC[C@H](N4CCCC4)C3)n2)cc1. The van der Waals surface area contributed by atoms with E-state index >= 15 is 0 Å². The monoisotopic (exact) mass is 492 g/mol. The van der Waals surface area contributed by atoms with Gasteiger partial charge in [-0.3, -0.25) is 14.8 Å². The quantitative estimate of drug-likeness (QED) is 0.397. The van der Waals surface area contributed by atoms with Gasteiger partial charge in [-0.05, 0) is 75.3 Å². The van der Waals surface area contributed by atoms with E-state index in [9.17, 15) is 4.79 Å². The van der Waals surface area contributed by atoms with Crippen LogP contribution in [0.3, 0.4) is 0 Å². The molecule has 0 radical (unpaired) electrons. The third-order valence-electron chi connectivity index (χ3n) is 6.47. The Balaban J connectivity index is 1.36. The average molecular weight is 493 g/mol. The van der Waals surface area contributed by atoms with Gasteiger partial charge in [0, 0.05) is 48.3 Å². The van der Waals surface area contributed by atoms with Crippen LogP contribution in [0.1, 0.15) is 38.3 Å². The van der Waals surface area contributed by atoms with Crippen LogP contribution in [0.2, 0.25) is 0 Å². The molecular weight excluding hydrogens is 460 g/mol. The first-order valence-corrected chi connectivity index (χ1v) is 13.1. The van der Waals surface area contributed by atoms with Gasteiger partial charge in [0.1, 0.15) is 17.5 Å². The Morgan fingerprint density at radius 3 is 2.66 bits per heavy atom. The zero-order chi connectivity index (χ0) is 24.2. The Hall–Kier alpha value is -3.11. The molecule has 3 N–H and O–H groups in total. The highest BCUT2D eigenvalue weighted by Crippen LogP contribution is 2.31. The van der Waals surface area contributed by atoms with Gasteiger partial charge in [-0.1, -0.05) is 6.92 Å². The standard InChI is InChI=1S/C25H32N8OS/c1-3-24(34)26-18-6-8-20(9-7-18)35-25-28-21(27-22-14-17(2)30-31-22)15-23(29-25)33-13-10-19(16-33)32-11-4-5-12-32/h6-9,14-15,19H,3-5,10-13,16H2,1-2H3,(H,26,34)(H2,27,28,29,30,31)/t19-/m0/s1. The number of nitrogens with zero attached hydrogens (tertiary/aromatic N) is 5. The Labute approximate surface area is 210 Å². The van der Waals surface area contributed by atoms with Gasteiger partial charge < -0.3 is 15.5 Å². The number of hydrogen-bond donors (Lipinski definition) is 3. The predicted molar refractivity (Wildman–Crippen MR) is 140 cm³/mol. The first-order chi connectivity index (χ1) is 17.1. The van der Waals surface area contributed by atoms with Crippen molar-refractivity contribution in [2.45, 2.75) is 55.6 Å². The van der Waals surface area contributed by atoms with Gasteiger partial charge in [-0.15, -0.1) is 0 Å². The fraction of sp³-hybridized carbons (Fsp3) is 0.440. The second-order valence-electron chi connectivity index (χ2n) is 9.10. The summed E-state index contributed by atoms with van der Waals surface area (Å²) in [5.41, 5.74) is 1.71. The second kappa shape index (κ2) is 10.7. The third-order valence-corrected chi connectivity index (χ3v) is 7.35. The lowest BCUT2D eigenvalue weighted by molar-refractivity contribution is -0.115. The van der Waals surface area contributed by atoms with E-state index in [0.29, 0.717) is 17.6 Å². The molecule has 2 saturated heterocycles. The molecule has 9 nitrogen and oxygen atoms in total. The van der Waals surface area contributed by atoms with Crippen LogP contribution in [0.4, 0.5) is 23.1 Å². The second-order valence-corrected chi connectivity index (χ2v) is 10.1. The topological polar surface area (TPSA) is 102 Å². The molecule has 35 heavy (non-hydrogen) atoms. The van der Waals surface area contributed by atoms with Gasteiger partial charge >= 0.3 is 0 Å². The van der Waals surface area contributed by atoms with E-state index in [-0.39, 0.29) is 5.91 Å². The number of anilines is 4. The van der Waals surface area contributed by atoms with Gasteiger partial charge in [0.15, 0.2) is 5.16 Å². The molecule has 5 rings (SSSR count). The molecule has 2 aliphatic heterocycles. The highest BCUT2D eigenvalue weighted by molar-refractivity contribution is 7.99. The molecule has 184 valence electrons. The summed E-state index contributed by atoms with van der Waals surface area (Å²) < 4.78 is 0. The number of carbonyl (C=O) groups excluding carboxylic acids is 1. The maximum absolute atomic E-state index is 11.7. The number of H-pyrrole nitrogens is 1. The Morgan fingerprint density at radius 1 is 1.14 bits per heavy atom. The third kappa shape index (κ3) is 5.94. The van der Waals surface area contributed by atoms with E-state index in [1.807, 2.05) is 50.2 Å². The number of likely N-dealkylation sites (tertiary alicyclic amines) is 1. The lowest BCUT2D eigenvalue weighted by Gasteiger charge is -2.24. The van der Waals surface area contributed by atoms with Crippen LogP contribution in [-0.4, -0.2) is 63.2 Å². The largest absolute Gasteiger partial charge is 0.355 e. The van der Waals surface area contributed by atoms with Crippen molar-refractivity contribution in [3.05, 3.63) is 42.1 Å². The number of aromatic amines is 1. The molecule has 4 heterocycles. The van der Waals surface area contributed by atoms with Gasteiger partial charge in [0.05, 0.1) is 5.69 Å². The van der Waals surface area contributed by atoms with Crippen LogP contribution < -0.4 is 15.5 Å². The molecule has 1 atom stereocenters. The van der Waals surface area contributed by atoms with E-state index < -0.39 is 0 Å². The van der Waals surface area contributed by atoms with E-state index in [4.69, 9.17) is 9.97 Å². The van der Waals surface area contributed by atoms with Crippen molar-refractivity contribution in [3.8, 4) is 0 Å². The molecule has 0 saturated carbocycles. The van der Waals surface area contributed by atoms with Crippen molar-refractivity contribution in [2.24, 2.45) is 0 Å². The van der Waals surface area contributed by atoms with Gasteiger partial charge in [-0.25, -0.2) is 9.97 Å². The maximum Gasteiger partial charge on any atom is 0.224 e. The van der Waals surface area contributed by atoms with Crippen LogP contribution in [0.25, 0.3) is 0 Å². The van der Waals surface area contributed by atoms with Crippen molar-refractivity contribution >= 4 is 40.8 Å². The van der Waals surface area contributed by atoms with E-state index in [2.05, 4.69) is 30.6 Å². The number of carbonyl (C=O) groups is 1. The summed E-state index contributed by atoms with van der Waals surface area (Å²) in [4.78, 5) is 27.4. The zero-order valence-electron chi connectivity index (χ0n) is 20.3. The van der Waals surface area contributed by atoms with Gasteiger partial charge in [-0.2, -0.15) is 5.10 Å². The summed E-state index contributed by atoms with van der Waals surface area (Å²) in [6.45, 7) is 8.21. The minimum absolute atomic E-state index is 0.00375. The summed E-state index contributed by atoms with van der Waals surface area (Å²) in [7, 11) is 0. The molecule has 2 fully saturated rings. The molecule has 1 amide bonds. The van der Waals surface area contributed by atoms with E-state index in [1.165, 1.54) is 44.1 Å². The van der Waals surface area contributed by atoms with Gasteiger partial charge in [0.25, 0.3) is 0 Å². The fourth-order valence-electron chi connectivity index (χ4n) is 4.62. The Morgan fingerprint density at radius 2 is 1.94 bits per heavy atom. The van der Waals surface area contributed by atoms with Crippen LogP contribution in [0, 0.1) is 6.92 Å². The van der Waals surface area contributed by atoms with Crippen molar-refractivity contribution in [2.75, 3.05) is 41.7 Å². The highest BCUT2D eigenvalue weighted by atomic mass is 32.2. The summed E-state index contributed by atoms with van der Waals surface area (Å²) in [5.74, 6) is 2.48. The van der Waals surface area contributed by atoms with Crippen molar-refractivity contribution in [3.63, 3.8) is 0 Å². The van der Waals surface area contributed by atoms with Crippen LogP contribution >= 0.6 is 11.8 Å². The lowest BCUT2D eigenvalue weighted by atomic mass is 10.2. The molecule has 3 aromatic rings. The summed E-state index contributed by atoms with van der Waals surface area (Å²) in [6.07, 6.45) is 4.24. The molecular formula is C25H32N8OS. The number of rotatable bonds is 8. The summed E-state index contributed by atoms with van der Waals surface area (Å²) in [5, 5.41) is 14.1. The minimum atomic E-state index is 0.00375.